The van der Waals surface area contributed by atoms with Crippen LogP contribution in [0.25, 0.3) is 18.2 Å². The standard InChI is InChI=1S/C17H17NO2/c1-5-15-8-14(6-11(2)10-18)9-16(13(15)4)7-12(3)17(19)20/h5-9H,1H2,2-4H3,(H,19,20). The molecule has 0 radical (unpaired) electrons. The third-order valence-corrected chi connectivity index (χ3v) is 3.00. The van der Waals surface area contributed by atoms with E-state index in [4.69, 9.17) is 10.4 Å². The van der Waals surface area contributed by atoms with E-state index in [1.54, 1.807) is 32.1 Å². The number of rotatable bonds is 4. The van der Waals surface area contributed by atoms with Gasteiger partial charge in [-0.05, 0) is 67.3 Å². The average molecular weight is 267 g/mol. The molecule has 0 unspecified atom stereocenters. The van der Waals surface area contributed by atoms with Crippen LogP contribution < -0.4 is 0 Å². The minimum absolute atomic E-state index is 0.265. The van der Waals surface area contributed by atoms with Gasteiger partial charge in [0.1, 0.15) is 0 Å². The maximum Gasteiger partial charge on any atom is 0.331 e. The highest BCUT2D eigenvalue weighted by Gasteiger charge is 2.06. The maximum absolute atomic E-state index is 10.9. The first-order valence-corrected chi connectivity index (χ1v) is 6.16. The summed E-state index contributed by atoms with van der Waals surface area (Å²) in [5.74, 6) is -0.946. The summed E-state index contributed by atoms with van der Waals surface area (Å²) in [6.07, 6.45) is 5.12. The Balaban J connectivity index is 3.49. The quantitative estimate of drug-likeness (QED) is 0.661. The summed E-state index contributed by atoms with van der Waals surface area (Å²) >= 11 is 0. The van der Waals surface area contributed by atoms with Gasteiger partial charge in [0, 0.05) is 11.1 Å². The Morgan fingerprint density at radius 3 is 2.40 bits per heavy atom. The Morgan fingerprint density at radius 1 is 1.30 bits per heavy atom. The highest BCUT2D eigenvalue weighted by molar-refractivity contribution is 5.92. The largest absolute Gasteiger partial charge is 0.478 e. The molecule has 0 atom stereocenters. The van der Waals surface area contributed by atoms with Crippen LogP contribution in [0.4, 0.5) is 0 Å². The van der Waals surface area contributed by atoms with Gasteiger partial charge < -0.3 is 5.11 Å². The van der Waals surface area contributed by atoms with E-state index in [1.165, 1.54) is 0 Å². The molecule has 0 heterocycles. The first-order chi connectivity index (χ1) is 9.38. The average Bonchev–Trinajstić information content (AvgIpc) is 2.41. The van der Waals surface area contributed by atoms with Crippen molar-refractivity contribution in [1.29, 1.82) is 5.26 Å². The van der Waals surface area contributed by atoms with Gasteiger partial charge in [0.15, 0.2) is 0 Å². The van der Waals surface area contributed by atoms with Crippen molar-refractivity contribution in [2.24, 2.45) is 0 Å². The van der Waals surface area contributed by atoms with E-state index >= 15 is 0 Å². The van der Waals surface area contributed by atoms with Crippen LogP contribution in [0.15, 0.2) is 29.9 Å². The molecule has 0 saturated carbocycles. The molecule has 1 rings (SSSR count). The Morgan fingerprint density at radius 2 is 1.90 bits per heavy atom. The first-order valence-electron chi connectivity index (χ1n) is 6.16. The second kappa shape index (κ2) is 6.53. The lowest BCUT2D eigenvalue weighted by molar-refractivity contribution is -0.132. The lowest BCUT2D eigenvalue weighted by Gasteiger charge is -2.08. The number of nitrogens with zero attached hydrogens (tertiary/aromatic N) is 1. The van der Waals surface area contributed by atoms with Crippen LogP contribution >= 0.6 is 0 Å². The minimum Gasteiger partial charge on any atom is -0.478 e. The van der Waals surface area contributed by atoms with Crippen molar-refractivity contribution >= 4 is 24.2 Å². The van der Waals surface area contributed by atoms with E-state index in [2.05, 4.69) is 12.6 Å². The van der Waals surface area contributed by atoms with Crippen molar-refractivity contribution in [2.75, 3.05) is 0 Å². The number of carbonyl (C=O) groups is 1. The van der Waals surface area contributed by atoms with E-state index < -0.39 is 5.97 Å². The maximum atomic E-state index is 10.9. The third kappa shape index (κ3) is 3.69. The van der Waals surface area contributed by atoms with Crippen LogP contribution in [0.1, 0.15) is 36.1 Å². The SMILES string of the molecule is C=Cc1cc(C=C(C)C#N)cc(C=C(C)C(=O)O)c1C. The van der Waals surface area contributed by atoms with Gasteiger partial charge in [-0.15, -0.1) is 0 Å². The zero-order valence-corrected chi connectivity index (χ0v) is 11.9. The predicted octanol–water partition coefficient (Wildman–Crippen LogP) is 4.05. The number of nitriles is 1. The smallest absolute Gasteiger partial charge is 0.331 e. The van der Waals surface area contributed by atoms with E-state index in [1.807, 2.05) is 19.1 Å². The van der Waals surface area contributed by atoms with Crippen molar-refractivity contribution in [3.05, 3.63) is 52.1 Å². The van der Waals surface area contributed by atoms with Gasteiger partial charge >= 0.3 is 5.97 Å². The van der Waals surface area contributed by atoms with Crippen molar-refractivity contribution in [1.82, 2.24) is 0 Å². The summed E-state index contributed by atoms with van der Waals surface area (Å²) < 4.78 is 0. The number of hydrogen-bond donors (Lipinski definition) is 1. The molecule has 0 amide bonds. The van der Waals surface area contributed by atoms with Crippen LogP contribution in [-0.4, -0.2) is 11.1 Å². The van der Waals surface area contributed by atoms with Gasteiger partial charge in [0.2, 0.25) is 0 Å². The van der Waals surface area contributed by atoms with Gasteiger partial charge in [-0.1, -0.05) is 12.7 Å². The zero-order chi connectivity index (χ0) is 15.3. The Bertz CT molecular complexity index is 658. The van der Waals surface area contributed by atoms with E-state index in [9.17, 15) is 4.79 Å². The summed E-state index contributed by atoms with van der Waals surface area (Å²) in [6, 6.07) is 5.87. The molecule has 3 heteroatoms. The van der Waals surface area contributed by atoms with Gasteiger partial charge in [-0.3, -0.25) is 0 Å². The molecule has 0 aliphatic heterocycles. The number of carboxylic acids is 1. The number of benzene rings is 1. The second-order valence-electron chi connectivity index (χ2n) is 4.60. The van der Waals surface area contributed by atoms with Crippen LogP contribution in [0.2, 0.25) is 0 Å². The fourth-order valence-corrected chi connectivity index (χ4v) is 1.81. The molecule has 0 saturated heterocycles. The zero-order valence-electron chi connectivity index (χ0n) is 11.9. The monoisotopic (exact) mass is 267 g/mol. The minimum atomic E-state index is -0.946. The summed E-state index contributed by atoms with van der Waals surface area (Å²) in [5, 5.41) is 17.8. The van der Waals surface area contributed by atoms with Gasteiger partial charge in [-0.2, -0.15) is 5.26 Å². The molecule has 3 nitrogen and oxygen atoms in total. The molecule has 0 fully saturated rings. The van der Waals surface area contributed by atoms with E-state index in [0.717, 1.165) is 22.3 Å². The molecule has 0 aliphatic carbocycles. The normalized spacial score (nSPS) is 11.9. The Hall–Kier alpha value is -2.60. The second-order valence-corrected chi connectivity index (χ2v) is 4.60. The summed E-state index contributed by atoms with van der Waals surface area (Å²) in [5.41, 5.74) is 4.42. The molecule has 1 aromatic rings. The molecule has 0 aliphatic rings. The van der Waals surface area contributed by atoms with Gasteiger partial charge in [0.25, 0.3) is 0 Å². The van der Waals surface area contributed by atoms with E-state index in [-0.39, 0.29) is 5.57 Å². The summed E-state index contributed by atoms with van der Waals surface area (Å²) in [7, 11) is 0. The molecule has 0 aromatic heterocycles. The molecule has 102 valence electrons. The molecule has 0 spiro atoms. The number of aliphatic carboxylic acids is 1. The van der Waals surface area contributed by atoms with Crippen molar-refractivity contribution in [3.8, 4) is 6.07 Å². The van der Waals surface area contributed by atoms with Crippen molar-refractivity contribution < 1.29 is 9.90 Å². The Kier molecular flexibility index (Phi) is 5.05. The van der Waals surface area contributed by atoms with Crippen LogP contribution in [0, 0.1) is 18.3 Å². The number of carboxylic acid groups (broad SMARTS) is 1. The lowest BCUT2D eigenvalue weighted by atomic mass is 9.96. The number of hydrogen-bond acceptors (Lipinski definition) is 2. The summed E-state index contributed by atoms with van der Waals surface area (Å²) in [6.45, 7) is 8.97. The summed E-state index contributed by atoms with van der Waals surface area (Å²) in [4.78, 5) is 10.9. The van der Waals surface area contributed by atoms with Crippen molar-refractivity contribution in [2.45, 2.75) is 20.8 Å². The molecule has 0 bridgehead atoms. The Labute approximate surface area is 119 Å². The molecule has 1 aromatic carbocycles. The lowest BCUT2D eigenvalue weighted by Crippen LogP contribution is -1.97. The molecular formula is C17H17NO2. The van der Waals surface area contributed by atoms with Gasteiger partial charge in [0.05, 0.1) is 6.07 Å². The molecular weight excluding hydrogens is 250 g/mol. The fraction of sp³-hybridized carbons (Fsp3) is 0.176. The van der Waals surface area contributed by atoms with Crippen LogP contribution in [0.3, 0.4) is 0 Å². The van der Waals surface area contributed by atoms with Gasteiger partial charge in [-0.25, -0.2) is 4.79 Å². The number of allylic oxidation sites excluding steroid dienone is 1. The van der Waals surface area contributed by atoms with E-state index in [0.29, 0.717) is 5.57 Å². The predicted molar refractivity (Wildman–Crippen MR) is 81.8 cm³/mol. The highest BCUT2D eigenvalue weighted by Crippen LogP contribution is 2.22. The van der Waals surface area contributed by atoms with Crippen LogP contribution in [-0.2, 0) is 4.79 Å². The highest BCUT2D eigenvalue weighted by atomic mass is 16.4. The van der Waals surface area contributed by atoms with Crippen LogP contribution in [0.5, 0.6) is 0 Å². The van der Waals surface area contributed by atoms with Crippen molar-refractivity contribution in [3.63, 3.8) is 0 Å². The first kappa shape index (κ1) is 15.5. The molecule has 1 N–H and O–H groups in total. The third-order valence-electron chi connectivity index (χ3n) is 3.00. The topological polar surface area (TPSA) is 61.1 Å². The fourth-order valence-electron chi connectivity index (χ4n) is 1.81. The molecule has 20 heavy (non-hydrogen) atoms.